The van der Waals surface area contributed by atoms with E-state index < -0.39 is 17.7 Å². The normalized spacial score (nSPS) is 32.4. The number of aryl methyl sites for hydroxylation is 1. The molecule has 2 fully saturated rings. The molecule has 17 heavy (non-hydrogen) atoms. The van der Waals surface area contributed by atoms with Crippen molar-refractivity contribution in [2.45, 2.75) is 32.3 Å². The SMILES string of the molecule is Cc1cc(F)c(C(O)C2CC3CC3C2)cc1F. The molecule has 3 heteroatoms. The van der Waals surface area contributed by atoms with Crippen molar-refractivity contribution in [3.63, 3.8) is 0 Å². The van der Waals surface area contributed by atoms with E-state index in [1.807, 2.05) is 0 Å². The summed E-state index contributed by atoms with van der Waals surface area (Å²) in [7, 11) is 0. The summed E-state index contributed by atoms with van der Waals surface area (Å²) in [6.07, 6.45) is 2.33. The summed E-state index contributed by atoms with van der Waals surface area (Å²) in [6, 6.07) is 2.32. The maximum atomic E-state index is 13.7. The molecule has 3 rings (SSSR count). The van der Waals surface area contributed by atoms with Crippen LogP contribution in [0.15, 0.2) is 12.1 Å². The predicted molar refractivity (Wildman–Crippen MR) is 60.4 cm³/mol. The molecular weight excluding hydrogens is 222 g/mol. The monoisotopic (exact) mass is 238 g/mol. The van der Waals surface area contributed by atoms with E-state index in [9.17, 15) is 13.9 Å². The zero-order valence-corrected chi connectivity index (χ0v) is 9.79. The maximum Gasteiger partial charge on any atom is 0.129 e. The van der Waals surface area contributed by atoms with Gasteiger partial charge in [0.25, 0.3) is 0 Å². The molecule has 2 aliphatic rings. The first-order valence-corrected chi connectivity index (χ1v) is 6.20. The first-order valence-electron chi connectivity index (χ1n) is 6.20. The Kier molecular flexibility index (Phi) is 2.47. The van der Waals surface area contributed by atoms with Crippen molar-refractivity contribution in [1.82, 2.24) is 0 Å². The quantitative estimate of drug-likeness (QED) is 0.837. The van der Waals surface area contributed by atoms with Crippen molar-refractivity contribution >= 4 is 0 Å². The van der Waals surface area contributed by atoms with Crippen molar-refractivity contribution < 1.29 is 13.9 Å². The third-order valence-electron chi connectivity index (χ3n) is 4.32. The standard InChI is InChI=1S/C14H16F2O/c1-7-2-13(16)11(6-12(7)15)14(17)10-4-8-3-9(8)5-10/h2,6,8-10,14,17H,3-5H2,1H3. The Hall–Kier alpha value is -0.960. The fourth-order valence-corrected chi connectivity index (χ4v) is 3.16. The van der Waals surface area contributed by atoms with Crippen LogP contribution in [-0.4, -0.2) is 5.11 Å². The van der Waals surface area contributed by atoms with E-state index >= 15 is 0 Å². The second-order valence-electron chi connectivity index (χ2n) is 5.56. The minimum Gasteiger partial charge on any atom is -0.388 e. The summed E-state index contributed by atoms with van der Waals surface area (Å²) >= 11 is 0. The third kappa shape index (κ3) is 1.86. The summed E-state index contributed by atoms with van der Waals surface area (Å²) in [5.41, 5.74) is 0.409. The van der Waals surface area contributed by atoms with Gasteiger partial charge in [0.15, 0.2) is 0 Å². The Balaban J connectivity index is 1.85. The van der Waals surface area contributed by atoms with Crippen LogP contribution in [0.25, 0.3) is 0 Å². The van der Waals surface area contributed by atoms with Gasteiger partial charge in [-0.3, -0.25) is 0 Å². The highest BCUT2D eigenvalue weighted by atomic mass is 19.1. The van der Waals surface area contributed by atoms with Crippen LogP contribution in [0.4, 0.5) is 8.78 Å². The van der Waals surface area contributed by atoms with E-state index in [-0.39, 0.29) is 17.0 Å². The molecular formula is C14H16F2O. The first-order chi connectivity index (χ1) is 8.06. The number of benzene rings is 1. The Morgan fingerprint density at radius 3 is 2.41 bits per heavy atom. The number of aliphatic hydroxyl groups excluding tert-OH is 1. The molecule has 1 N–H and O–H groups in total. The summed E-state index contributed by atoms with van der Waals surface area (Å²) in [4.78, 5) is 0. The van der Waals surface area contributed by atoms with Gasteiger partial charge in [-0.25, -0.2) is 8.78 Å². The number of aliphatic hydroxyl groups is 1. The molecule has 0 radical (unpaired) electrons. The molecule has 92 valence electrons. The maximum absolute atomic E-state index is 13.7. The van der Waals surface area contributed by atoms with Crippen molar-refractivity contribution in [2.24, 2.45) is 17.8 Å². The lowest BCUT2D eigenvalue weighted by molar-refractivity contribution is 0.100. The minimum atomic E-state index is -0.849. The van der Waals surface area contributed by atoms with Gasteiger partial charge >= 0.3 is 0 Å². The van der Waals surface area contributed by atoms with Gasteiger partial charge in [-0.15, -0.1) is 0 Å². The highest BCUT2D eigenvalue weighted by molar-refractivity contribution is 5.27. The van der Waals surface area contributed by atoms with E-state index in [0.29, 0.717) is 0 Å². The average Bonchev–Trinajstić information content (AvgIpc) is 2.90. The van der Waals surface area contributed by atoms with Gasteiger partial charge < -0.3 is 5.11 Å². The minimum absolute atomic E-state index is 0.107. The molecule has 0 saturated heterocycles. The number of halogens is 2. The topological polar surface area (TPSA) is 20.2 Å². The molecule has 0 spiro atoms. The van der Waals surface area contributed by atoms with Crippen LogP contribution in [-0.2, 0) is 0 Å². The second kappa shape index (κ2) is 3.77. The summed E-state index contributed by atoms with van der Waals surface area (Å²) in [5, 5.41) is 10.1. The van der Waals surface area contributed by atoms with Crippen LogP contribution in [0.1, 0.15) is 36.5 Å². The molecule has 1 aromatic carbocycles. The molecule has 0 heterocycles. The number of hydrogen-bond acceptors (Lipinski definition) is 1. The number of rotatable bonds is 2. The highest BCUT2D eigenvalue weighted by Gasteiger charge is 2.48. The molecule has 0 aromatic heterocycles. The lowest BCUT2D eigenvalue weighted by atomic mass is 9.91. The molecule has 0 bridgehead atoms. The smallest absolute Gasteiger partial charge is 0.129 e. The molecule has 3 unspecified atom stereocenters. The van der Waals surface area contributed by atoms with Crippen LogP contribution in [0.2, 0.25) is 0 Å². The first kappa shape index (κ1) is 11.1. The van der Waals surface area contributed by atoms with Crippen LogP contribution < -0.4 is 0 Å². The second-order valence-corrected chi connectivity index (χ2v) is 5.56. The summed E-state index contributed by atoms with van der Waals surface area (Å²) in [6.45, 7) is 1.53. The largest absolute Gasteiger partial charge is 0.388 e. The van der Waals surface area contributed by atoms with Crippen LogP contribution in [0.5, 0.6) is 0 Å². The fourth-order valence-electron chi connectivity index (χ4n) is 3.16. The predicted octanol–water partition coefficient (Wildman–Crippen LogP) is 3.35. The van der Waals surface area contributed by atoms with Gasteiger partial charge in [-0.1, -0.05) is 0 Å². The van der Waals surface area contributed by atoms with Crippen molar-refractivity contribution in [1.29, 1.82) is 0 Å². The van der Waals surface area contributed by atoms with E-state index in [2.05, 4.69) is 0 Å². The van der Waals surface area contributed by atoms with Crippen molar-refractivity contribution in [2.75, 3.05) is 0 Å². The van der Waals surface area contributed by atoms with Crippen molar-refractivity contribution in [3.05, 3.63) is 34.9 Å². The zero-order chi connectivity index (χ0) is 12.2. The lowest BCUT2D eigenvalue weighted by Gasteiger charge is -2.20. The van der Waals surface area contributed by atoms with E-state index in [1.165, 1.54) is 19.4 Å². The van der Waals surface area contributed by atoms with Gasteiger partial charge in [0.05, 0.1) is 6.10 Å². The molecule has 1 aromatic rings. The van der Waals surface area contributed by atoms with Crippen LogP contribution >= 0.6 is 0 Å². The molecule has 2 aliphatic carbocycles. The average molecular weight is 238 g/mol. The Bertz CT molecular complexity index is 448. The van der Waals surface area contributed by atoms with Crippen LogP contribution in [0.3, 0.4) is 0 Å². The molecule has 3 atom stereocenters. The van der Waals surface area contributed by atoms with Gasteiger partial charge in [0.2, 0.25) is 0 Å². The molecule has 0 amide bonds. The van der Waals surface area contributed by atoms with Crippen LogP contribution in [0, 0.1) is 36.3 Å². The van der Waals surface area contributed by atoms with E-state index in [4.69, 9.17) is 0 Å². The summed E-state index contributed by atoms with van der Waals surface area (Å²) in [5.74, 6) is 0.636. The highest BCUT2D eigenvalue weighted by Crippen LogP contribution is 2.57. The Morgan fingerprint density at radius 2 is 1.76 bits per heavy atom. The van der Waals surface area contributed by atoms with E-state index in [0.717, 1.165) is 30.7 Å². The fraction of sp³-hybridized carbons (Fsp3) is 0.571. The molecule has 0 aliphatic heterocycles. The summed E-state index contributed by atoms with van der Waals surface area (Å²) < 4.78 is 27.1. The van der Waals surface area contributed by atoms with Gasteiger partial charge in [-0.2, -0.15) is 0 Å². The Labute approximate surface area is 99.5 Å². The molecule has 1 nitrogen and oxygen atoms in total. The van der Waals surface area contributed by atoms with E-state index in [1.54, 1.807) is 0 Å². The van der Waals surface area contributed by atoms with Gasteiger partial charge in [0.1, 0.15) is 11.6 Å². The number of hydrogen-bond donors (Lipinski definition) is 1. The van der Waals surface area contributed by atoms with Gasteiger partial charge in [-0.05, 0) is 61.6 Å². The van der Waals surface area contributed by atoms with Gasteiger partial charge in [0, 0.05) is 5.56 Å². The Morgan fingerprint density at radius 1 is 1.12 bits per heavy atom. The number of fused-ring (bicyclic) bond motifs is 1. The third-order valence-corrected chi connectivity index (χ3v) is 4.32. The zero-order valence-electron chi connectivity index (χ0n) is 9.79. The lowest BCUT2D eigenvalue weighted by Crippen LogP contribution is -2.13. The van der Waals surface area contributed by atoms with Crippen molar-refractivity contribution in [3.8, 4) is 0 Å². The molecule has 2 saturated carbocycles.